The highest BCUT2D eigenvalue weighted by Gasteiger charge is 2.34. The van der Waals surface area contributed by atoms with Crippen LogP contribution in [0.1, 0.15) is 59.8 Å². The first-order valence-corrected chi connectivity index (χ1v) is 7.86. The molecule has 0 aromatic rings. The molecule has 5 heteroatoms. The van der Waals surface area contributed by atoms with E-state index in [-0.39, 0.29) is 12.8 Å². The molecule has 0 spiro atoms. The lowest BCUT2D eigenvalue weighted by molar-refractivity contribution is -0.139. The number of aliphatic carboxylic acids is 1. The molecule has 114 valence electrons. The third-order valence-corrected chi connectivity index (χ3v) is 4.60. The SMILES string of the molecule is CCC(F)(F)CCCCSC(C)(CC(C)C)C(=O)O. The summed E-state index contributed by atoms with van der Waals surface area (Å²) in [6, 6.07) is 0. The molecule has 0 aromatic carbocycles. The minimum atomic E-state index is -2.57. The van der Waals surface area contributed by atoms with E-state index < -0.39 is 16.6 Å². The molecule has 0 radical (unpaired) electrons. The zero-order chi connectivity index (χ0) is 15.1. The molecule has 19 heavy (non-hydrogen) atoms. The van der Waals surface area contributed by atoms with Crippen LogP contribution < -0.4 is 0 Å². The van der Waals surface area contributed by atoms with Crippen LogP contribution in [0.25, 0.3) is 0 Å². The number of unbranched alkanes of at least 4 members (excludes halogenated alkanes) is 1. The highest BCUT2D eigenvalue weighted by atomic mass is 32.2. The maximum atomic E-state index is 13.0. The van der Waals surface area contributed by atoms with Gasteiger partial charge in [0.05, 0.1) is 0 Å². The molecule has 0 aliphatic rings. The Balaban J connectivity index is 4.05. The predicted octanol–water partition coefficient (Wildman–Crippen LogP) is 4.82. The summed E-state index contributed by atoms with van der Waals surface area (Å²) in [5.41, 5.74) is 0. The molecule has 0 amide bonds. The molecule has 0 bridgehead atoms. The number of carboxylic acid groups (broad SMARTS) is 1. The molecule has 1 N–H and O–H groups in total. The Morgan fingerprint density at radius 2 is 1.89 bits per heavy atom. The van der Waals surface area contributed by atoms with Crippen LogP contribution in [0, 0.1) is 5.92 Å². The summed E-state index contributed by atoms with van der Waals surface area (Å²) in [4.78, 5) is 11.3. The van der Waals surface area contributed by atoms with Gasteiger partial charge in [0.15, 0.2) is 0 Å². The third kappa shape index (κ3) is 7.75. The van der Waals surface area contributed by atoms with E-state index in [1.54, 1.807) is 6.92 Å². The molecule has 0 rings (SSSR count). The van der Waals surface area contributed by atoms with E-state index in [0.717, 1.165) is 0 Å². The Morgan fingerprint density at radius 3 is 2.32 bits per heavy atom. The van der Waals surface area contributed by atoms with Crippen LogP contribution in [-0.4, -0.2) is 27.5 Å². The summed E-state index contributed by atoms with van der Waals surface area (Å²) >= 11 is 1.37. The zero-order valence-electron chi connectivity index (χ0n) is 12.3. The lowest BCUT2D eigenvalue weighted by atomic mass is 9.98. The number of carboxylic acids is 1. The smallest absolute Gasteiger partial charge is 0.319 e. The molecule has 2 nitrogen and oxygen atoms in total. The average Bonchev–Trinajstić information content (AvgIpc) is 2.27. The molecular formula is C14H26F2O2S. The fourth-order valence-electron chi connectivity index (χ4n) is 1.95. The molecule has 0 aromatic heterocycles. The first-order chi connectivity index (χ1) is 8.63. The van der Waals surface area contributed by atoms with E-state index in [9.17, 15) is 18.7 Å². The standard InChI is InChI=1S/C14H26F2O2S/c1-5-14(15,16)8-6-7-9-19-13(4,12(17)18)10-11(2)3/h11H,5-10H2,1-4H3,(H,17,18). The van der Waals surface area contributed by atoms with Crippen LogP contribution in [0.5, 0.6) is 0 Å². The van der Waals surface area contributed by atoms with Crippen LogP contribution in [0.2, 0.25) is 0 Å². The van der Waals surface area contributed by atoms with Gasteiger partial charge in [-0.15, -0.1) is 11.8 Å². The first kappa shape index (κ1) is 18.7. The van der Waals surface area contributed by atoms with Crippen molar-refractivity contribution in [1.29, 1.82) is 0 Å². The monoisotopic (exact) mass is 296 g/mol. The predicted molar refractivity (Wildman–Crippen MR) is 77.0 cm³/mol. The van der Waals surface area contributed by atoms with Gasteiger partial charge < -0.3 is 5.11 Å². The van der Waals surface area contributed by atoms with Crippen molar-refractivity contribution < 1.29 is 18.7 Å². The van der Waals surface area contributed by atoms with Crippen LogP contribution in [-0.2, 0) is 4.79 Å². The van der Waals surface area contributed by atoms with Crippen molar-refractivity contribution in [3.8, 4) is 0 Å². The fourth-order valence-corrected chi connectivity index (χ4v) is 3.32. The van der Waals surface area contributed by atoms with Gasteiger partial charge in [-0.1, -0.05) is 20.8 Å². The summed E-state index contributed by atoms with van der Waals surface area (Å²) in [5.74, 6) is -2.46. The lowest BCUT2D eigenvalue weighted by Gasteiger charge is -2.26. The lowest BCUT2D eigenvalue weighted by Crippen LogP contribution is -2.33. The van der Waals surface area contributed by atoms with Gasteiger partial charge in [0.25, 0.3) is 0 Å². The average molecular weight is 296 g/mol. The van der Waals surface area contributed by atoms with Crippen LogP contribution in [0.15, 0.2) is 0 Å². The van der Waals surface area contributed by atoms with E-state index >= 15 is 0 Å². The first-order valence-electron chi connectivity index (χ1n) is 6.88. The summed E-state index contributed by atoms with van der Waals surface area (Å²) in [7, 11) is 0. The Hall–Kier alpha value is -0.320. The Bertz CT molecular complexity index is 283. The van der Waals surface area contributed by atoms with Crippen molar-refractivity contribution in [2.75, 3.05) is 5.75 Å². The molecule has 0 aliphatic carbocycles. The molecule has 1 atom stereocenters. The zero-order valence-corrected chi connectivity index (χ0v) is 13.2. The minimum absolute atomic E-state index is 0.0992. The fraction of sp³-hybridized carbons (Fsp3) is 0.929. The van der Waals surface area contributed by atoms with Gasteiger partial charge in [-0.25, -0.2) is 8.78 Å². The second-order valence-electron chi connectivity index (χ2n) is 5.65. The van der Waals surface area contributed by atoms with Crippen LogP contribution >= 0.6 is 11.8 Å². The second kappa shape index (κ2) is 8.08. The number of alkyl halides is 2. The Kier molecular flexibility index (Phi) is 7.94. The van der Waals surface area contributed by atoms with E-state index in [1.807, 2.05) is 13.8 Å². The van der Waals surface area contributed by atoms with Crippen molar-refractivity contribution in [3.05, 3.63) is 0 Å². The van der Waals surface area contributed by atoms with Gasteiger partial charge >= 0.3 is 5.97 Å². The van der Waals surface area contributed by atoms with Crippen molar-refractivity contribution in [3.63, 3.8) is 0 Å². The summed E-state index contributed by atoms with van der Waals surface area (Å²) in [6.07, 6.45) is 1.46. The molecule has 0 saturated carbocycles. The van der Waals surface area contributed by atoms with Crippen LogP contribution in [0.4, 0.5) is 8.78 Å². The van der Waals surface area contributed by atoms with E-state index in [4.69, 9.17) is 0 Å². The van der Waals surface area contributed by atoms with Crippen molar-refractivity contribution in [2.24, 2.45) is 5.92 Å². The molecule has 0 saturated heterocycles. The highest BCUT2D eigenvalue weighted by Crippen LogP contribution is 2.33. The largest absolute Gasteiger partial charge is 0.480 e. The summed E-state index contributed by atoms with van der Waals surface area (Å²) in [5, 5.41) is 9.26. The van der Waals surface area contributed by atoms with Gasteiger partial charge in [0.1, 0.15) is 4.75 Å². The number of halogens is 2. The maximum Gasteiger partial charge on any atom is 0.319 e. The van der Waals surface area contributed by atoms with Crippen molar-refractivity contribution in [1.82, 2.24) is 0 Å². The number of thioether (sulfide) groups is 1. The third-order valence-electron chi connectivity index (χ3n) is 3.12. The molecule has 0 heterocycles. The van der Waals surface area contributed by atoms with Crippen molar-refractivity contribution >= 4 is 17.7 Å². The van der Waals surface area contributed by atoms with E-state index in [2.05, 4.69) is 0 Å². The normalized spacial score (nSPS) is 15.5. The van der Waals surface area contributed by atoms with E-state index in [0.29, 0.717) is 30.9 Å². The number of hydrogen-bond donors (Lipinski definition) is 1. The van der Waals surface area contributed by atoms with Crippen LogP contribution in [0.3, 0.4) is 0 Å². The topological polar surface area (TPSA) is 37.3 Å². The van der Waals surface area contributed by atoms with Gasteiger partial charge in [-0.3, -0.25) is 4.79 Å². The second-order valence-corrected chi connectivity index (χ2v) is 7.25. The molecular weight excluding hydrogens is 270 g/mol. The Morgan fingerprint density at radius 1 is 1.32 bits per heavy atom. The maximum absolute atomic E-state index is 13.0. The quantitative estimate of drug-likeness (QED) is 0.587. The highest BCUT2D eigenvalue weighted by molar-refractivity contribution is 8.01. The molecule has 1 unspecified atom stereocenters. The number of carbonyl (C=O) groups is 1. The van der Waals surface area contributed by atoms with Gasteiger partial charge in [-0.05, 0) is 37.9 Å². The molecule has 0 fully saturated rings. The summed E-state index contributed by atoms with van der Waals surface area (Å²) in [6.45, 7) is 7.19. The Labute approximate surface area is 119 Å². The number of rotatable bonds is 10. The van der Waals surface area contributed by atoms with E-state index in [1.165, 1.54) is 18.7 Å². The molecule has 0 aliphatic heterocycles. The van der Waals surface area contributed by atoms with Crippen molar-refractivity contribution in [2.45, 2.75) is 70.5 Å². The van der Waals surface area contributed by atoms with Gasteiger partial charge in [0, 0.05) is 12.8 Å². The minimum Gasteiger partial charge on any atom is -0.480 e. The number of hydrogen-bond acceptors (Lipinski definition) is 2. The van der Waals surface area contributed by atoms with Gasteiger partial charge in [-0.2, -0.15) is 0 Å². The van der Waals surface area contributed by atoms with Gasteiger partial charge in [0.2, 0.25) is 5.92 Å². The summed E-state index contributed by atoms with van der Waals surface area (Å²) < 4.78 is 25.2.